The highest BCUT2D eigenvalue weighted by molar-refractivity contribution is 5.95. The number of benzene rings is 2. The largest absolute Gasteiger partial charge is 0.277 e. The lowest BCUT2D eigenvalue weighted by Gasteiger charge is -2.04. The average molecular weight is 361 g/mol. The first kappa shape index (κ1) is 16.2. The van der Waals surface area contributed by atoms with Crippen LogP contribution < -0.4 is 0 Å². The van der Waals surface area contributed by atoms with Crippen LogP contribution in [0.2, 0.25) is 0 Å². The Bertz CT molecular complexity index is 1070. The Hall–Kier alpha value is -3.02. The van der Waals surface area contributed by atoms with Crippen molar-refractivity contribution in [1.29, 1.82) is 0 Å². The minimum Gasteiger partial charge on any atom is -0.277 e. The summed E-state index contributed by atoms with van der Waals surface area (Å²) < 4.78 is 13.2. The molecule has 5 rings (SSSR count). The molecule has 0 atom stereocenters. The van der Waals surface area contributed by atoms with Crippen LogP contribution in [0.5, 0.6) is 0 Å². The highest BCUT2D eigenvalue weighted by atomic mass is 19.1. The van der Waals surface area contributed by atoms with Gasteiger partial charge in [-0.3, -0.25) is 10.2 Å². The SMILES string of the molecule is Fc1ccc(-c2n[nH]c3ccc(-c4n[nH]c(CC5CCCC5)n4)cc23)cc1. The van der Waals surface area contributed by atoms with Crippen LogP contribution in [0, 0.1) is 11.7 Å². The normalized spacial score (nSPS) is 15.0. The molecule has 5 nitrogen and oxygen atoms in total. The van der Waals surface area contributed by atoms with Crippen molar-refractivity contribution in [3.63, 3.8) is 0 Å². The molecule has 2 N–H and O–H groups in total. The third kappa shape index (κ3) is 3.12. The van der Waals surface area contributed by atoms with E-state index >= 15 is 0 Å². The second-order valence-electron chi connectivity index (χ2n) is 7.30. The van der Waals surface area contributed by atoms with Gasteiger partial charge >= 0.3 is 0 Å². The molecular formula is C21H20FN5. The summed E-state index contributed by atoms with van der Waals surface area (Å²) in [6.45, 7) is 0. The van der Waals surface area contributed by atoms with Crippen molar-refractivity contribution in [2.24, 2.45) is 5.92 Å². The molecule has 2 heterocycles. The topological polar surface area (TPSA) is 70.2 Å². The number of aromatic amines is 2. The van der Waals surface area contributed by atoms with Gasteiger partial charge in [0.1, 0.15) is 11.6 Å². The zero-order valence-electron chi connectivity index (χ0n) is 14.9. The van der Waals surface area contributed by atoms with Crippen molar-refractivity contribution >= 4 is 10.9 Å². The van der Waals surface area contributed by atoms with Gasteiger partial charge in [-0.05, 0) is 48.4 Å². The van der Waals surface area contributed by atoms with Crippen molar-refractivity contribution in [2.45, 2.75) is 32.1 Å². The summed E-state index contributed by atoms with van der Waals surface area (Å²) in [5, 5.41) is 15.9. The third-order valence-electron chi connectivity index (χ3n) is 5.43. The van der Waals surface area contributed by atoms with Crippen LogP contribution in [-0.4, -0.2) is 25.4 Å². The van der Waals surface area contributed by atoms with E-state index in [1.807, 2.05) is 18.2 Å². The molecule has 0 aliphatic heterocycles. The van der Waals surface area contributed by atoms with E-state index in [1.54, 1.807) is 12.1 Å². The first-order chi connectivity index (χ1) is 13.3. The van der Waals surface area contributed by atoms with Crippen LogP contribution in [0.3, 0.4) is 0 Å². The van der Waals surface area contributed by atoms with E-state index in [1.165, 1.54) is 37.8 Å². The number of nitrogens with one attached hydrogen (secondary N) is 2. The van der Waals surface area contributed by atoms with Crippen LogP contribution in [0.1, 0.15) is 31.5 Å². The maximum Gasteiger partial charge on any atom is 0.181 e. The molecule has 0 spiro atoms. The number of fused-ring (bicyclic) bond motifs is 1. The lowest BCUT2D eigenvalue weighted by Crippen LogP contribution is -2.00. The number of rotatable bonds is 4. The molecule has 136 valence electrons. The monoisotopic (exact) mass is 361 g/mol. The molecule has 0 radical (unpaired) electrons. The molecule has 27 heavy (non-hydrogen) atoms. The Kier molecular flexibility index (Phi) is 3.96. The van der Waals surface area contributed by atoms with Gasteiger partial charge in [-0.15, -0.1) is 0 Å². The van der Waals surface area contributed by atoms with Crippen LogP contribution in [0.25, 0.3) is 33.5 Å². The summed E-state index contributed by atoms with van der Waals surface area (Å²) in [7, 11) is 0. The van der Waals surface area contributed by atoms with Gasteiger partial charge in [-0.1, -0.05) is 25.7 Å². The fourth-order valence-corrected chi connectivity index (χ4v) is 3.98. The van der Waals surface area contributed by atoms with Crippen LogP contribution in [-0.2, 0) is 6.42 Å². The van der Waals surface area contributed by atoms with E-state index < -0.39 is 0 Å². The molecule has 1 aliphatic carbocycles. The Morgan fingerprint density at radius 2 is 1.70 bits per heavy atom. The van der Waals surface area contributed by atoms with Crippen molar-refractivity contribution in [1.82, 2.24) is 25.4 Å². The smallest absolute Gasteiger partial charge is 0.181 e. The predicted molar refractivity (Wildman–Crippen MR) is 103 cm³/mol. The lowest BCUT2D eigenvalue weighted by molar-refractivity contribution is 0.531. The number of H-pyrrole nitrogens is 2. The molecule has 0 saturated heterocycles. The fourth-order valence-electron chi connectivity index (χ4n) is 3.98. The second-order valence-corrected chi connectivity index (χ2v) is 7.30. The number of halogens is 1. The van der Waals surface area contributed by atoms with Gasteiger partial charge in [0.05, 0.1) is 11.2 Å². The zero-order valence-corrected chi connectivity index (χ0v) is 14.9. The van der Waals surface area contributed by atoms with E-state index in [0.29, 0.717) is 5.82 Å². The molecule has 2 aromatic heterocycles. The number of hydrogen-bond acceptors (Lipinski definition) is 3. The minimum atomic E-state index is -0.255. The minimum absolute atomic E-state index is 0.255. The van der Waals surface area contributed by atoms with Crippen molar-refractivity contribution in [2.75, 3.05) is 0 Å². The molecule has 2 aromatic carbocycles. The molecule has 4 aromatic rings. The number of nitrogens with zero attached hydrogens (tertiary/aromatic N) is 3. The Labute approximate surface area is 156 Å². The van der Waals surface area contributed by atoms with Gasteiger partial charge in [0.25, 0.3) is 0 Å². The third-order valence-corrected chi connectivity index (χ3v) is 5.43. The summed E-state index contributed by atoms with van der Waals surface area (Å²) in [6.07, 6.45) is 6.21. The van der Waals surface area contributed by atoms with E-state index in [2.05, 4.69) is 20.4 Å². The highest BCUT2D eigenvalue weighted by Crippen LogP contribution is 2.30. The summed E-state index contributed by atoms with van der Waals surface area (Å²) in [5.74, 6) is 2.14. The van der Waals surface area contributed by atoms with E-state index in [9.17, 15) is 4.39 Å². The van der Waals surface area contributed by atoms with E-state index in [0.717, 1.165) is 45.9 Å². The van der Waals surface area contributed by atoms with Crippen LogP contribution in [0.4, 0.5) is 4.39 Å². The number of aromatic nitrogens is 5. The maximum absolute atomic E-state index is 13.2. The molecule has 1 aliphatic rings. The second kappa shape index (κ2) is 6.61. The molecule has 0 unspecified atom stereocenters. The molecule has 0 bridgehead atoms. The van der Waals surface area contributed by atoms with Crippen molar-refractivity contribution in [3.05, 3.63) is 54.1 Å². The summed E-state index contributed by atoms with van der Waals surface area (Å²) in [6, 6.07) is 12.4. The molecule has 6 heteroatoms. The highest BCUT2D eigenvalue weighted by Gasteiger charge is 2.18. The molecular weight excluding hydrogens is 341 g/mol. The van der Waals surface area contributed by atoms with Gasteiger partial charge in [0.15, 0.2) is 5.82 Å². The maximum atomic E-state index is 13.2. The Morgan fingerprint density at radius 3 is 2.52 bits per heavy atom. The lowest BCUT2D eigenvalue weighted by atomic mass is 10.0. The summed E-state index contributed by atoms with van der Waals surface area (Å²) in [4.78, 5) is 4.70. The Balaban J connectivity index is 1.48. The van der Waals surface area contributed by atoms with Crippen LogP contribution in [0.15, 0.2) is 42.5 Å². The first-order valence-electron chi connectivity index (χ1n) is 9.42. The van der Waals surface area contributed by atoms with Crippen molar-refractivity contribution < 1.29 is 4.39 Å². The first-order valence-corrected chi connectivity index (χ1v) is 9.42. The van der Waals surface area contributed by atoms with Gasteiger partial charge < -0.3 is 0 Å². The van der Waals surface area contributed by atoms with Gasteiger partial charge in [0, 0.05) is 22.9 Å². The zero-order chi connectivity index (χ0) is 18.2. The fraction of sp³-hybridized carbons (Fsp3) is 0.286. The molecule has 1 fully saturated rings. The summed E-state index contributed by atoms with van der Waals surface area (Å²) in [5.41, 5.74) is 3.55. The quantitative estimate of drug-likeness (QED) is 0.544. The summed E-state index contributed by atoms with van der Waals surface area (Å²) >= 11 is 0. The van der Waals surface area contributed by atoms with E-state index in [-0.39, 0.29) is 5.82 Å². The van der Waals surface area contributed by atoms with Gasteiger partial charge in [-0.2, -0.15) is 10.2 Å². The molecule has 0 amide bonds. The molecule has 1 saturated carbocycles. The van der Waals surface area contributed by atoms with Crippen molar-refractivity contribution in [3.8, 4) is 22.6 Å². The Morgan fingerprint density at radius 1 is 0.926 bits per heavy atom. The van der Waals surface area contributed by atoms with Crippen LogP contribution >= 0.6 is 0 Å². The van der Waals surface area contributed by atoms with E-state index in [4.69, 9.17) is 4.98 Å². The standard InChI is InChI=1S/C21H20FN5/c22-16-8-5-14(6-9-16)20-17-12-15(7-10-18(17)24-26-20)21-23-19(25-27-21)11-13-3-1-2-4-13/h5-10,12-13H,1-4,11H2,(H,24,26)(H,23,25,27). The van der Waals surface area contributed by atoms with Gasteiger partial charge in [0.2, 0.25) is 0 Å². The number of hydrogen-bond donors (Lipinski definition) is 2. The average Bonchev–Trinajstić information content (AvgIpc) is 3.43. The van der Waals surface area contributed by atoms with Gasteiger partial charge in [-0.25, -0.2) is 9.37 Å². The predicted octanol–water partition coefficient (Wildman–Crippen LogP) is 4.89.